The maximum Gasteiger partial charge on any atom is 0.255 e. The van der Waals surface area contributed by atoms with E-state index in [4.69, 9.17) is 11.6 Å². The Kier molecular flexibility index (Phi) is 4.58. The molecule has 2 amide bonds. The van der Waals surface area contributed by atoms with Crippen molar-refractivity contribution in [3.05, 3.63) is 28.8 Å². The van der Waals surface area contributed by atoms with Crippen molar-refractivity contribution in [3.8, 4) is 0 Å². The molecular formula is C17H21ClN2O4S. The van der Waals surface area contributed by atoms with E-state index in [9.17, 15) is 18.0 Å². The Bertz CT molecular complexity index is 829. The van der Waals surface area contributed by atoms with Crippen molar-refractivity contribution in [1.29, 1.82) is 0 Å². The van der Waals surface area contributed by atoms with Crippen LogP contribution in [0.1, 0.15) is 43.5 Å². The summed E-state index contributed by atoms with van der Waals surface area (Å²) in [5.41, 5.74) is -0.593. The Morgan fingerprint density at radius 2 is 1.80 bits per heavy atom. The van der Waals surface area contributed by atoms with Crippen LogP contribution in [-0.4, -0.2) is 44.0 Å². The third-order valence-corrected chi connectivity index (χ3v) is 6.99. The van der Waals surface area contributed by atoms with E-state index in [2.05, 4.69) is 0 Å². The zero-order valence-electron chi connectivity index (χ0n) is 14.3. The number of piperidine rings is 1. The molecule has 6 nitrogen and oxygen atoms in total. The van der Waals surface area contributed by atoms with Gasteiger partial charge in [0.1, 0.15) is 0 Å². The number of nitrogens with zero attached hydrogens (tertiary/aromatic N) is 2. The molecule has 0 aromatic heterocycles. The van der Waals surface area contributed by atoms with Crippen LogP contribution in [0.3, 0.4) is 0 Å². The fourth-order valence-corrected chi connectivity index (χ4v) is 5.63. The maximum absolute atomic E-state index is 12.7. The standard InChI is InChI=1S/C17H21ClN2O4S/c1-17(2)11-25(23,24)20(16(17)22)12-6-7-14(18)13(10-12)15(21)19-8-4-3-5-9-19/h6-7,10H,3-5,8-9,11H2,1-2H3. The van der Waals surface area contributed by atoms with Gasteiger partial charge in [-0.1, -0.05) is 11.6 Å². The molecule has 0 aliphatic carbocycles. The number of halogens is 1. The van der Waals surface area contributed by atoms with E-state index >= 15 is 0 Å². The van der Waals surface area contributed by atoms with Gasteiger partial charge in [-0.3, -0.25) is 9.59 Å². The Hall–Kier alpha value is -1.60. The van der Waals surface area contributed by atoms with Gasteiger partial charge < -0.3 is 4.90 Å². The Balaban J connectivity index is 1.99. The maximum atomic E-state index is 12.7. The summed E-state index contributed by atoms with van der Waals surface area (Å²) >= 11 is 6.18. The van der Waals surface area contributed by atoms with Gasteiger partial charge >= 0.3 is 0 Å². The summed E-state index contributed by atoms with van der Waals surface area (Å²) in [6.45, 7) is 4.52. The van der Waals surface area contributed by atoms with Crippen LogP contribution in [0.5, 0.6) is 0 Å². The van der Waals surface area contributed by atoms with Crippen molar-refractivity contribution >= 4 is 39.1 Å². The quantitative estimate of drug-likeness (QED) is 0.785. The molecule has 0 unspecified atom stereocenters. The lowest BCUT2D eigenvalue weighted by atomic mass is 9.95. The number of benzene rings is 1. The molecular weight excluding hydrogens is 364 g/mol. The van der Waals surface area contributed by atoms with Crippen LogP contribution in [0.4, 0.5) is 5.69 Å². The molecule has 2 aliphatic rings. The predicted octanol–water partition coefficient (Wildman–Crippen LogP) is 2.67. The van der Waals surface area contributed by atoms with Gasteiger partial charge in [0.05, 0.1) is 27.4 Å². The Morgan fingerprint density at radius 1 is 1.16 bits per heavy atom. The molecule has 1 aromatic rings. The normalized spacial score (nSPS) is 22.3. The number of amides is 2. The van der Waals surface area contributed by atoms with Crippen LogP contribution in [-0.2, 0) is 14.8 Å². The highest BCUT2D eigenvalue weighted by molar-refractivity contribution is 7.94. The summed E-state index contributed by atoms with van der Waals surface area (Å²) < 4.78 is 25.7. The van der Waals surface area contributed by atoms with Gasteiger partial charge in [-0.25, -0.2) is 12.7 Å². The van der Waals surface area contributed by atoms with Crippen LogP contribution in [0.25, 0.3) is 0 Å². The van der Waals surface area contributed by atoms with E-state index in [0.717, 1.165) is 23.6 Å². The van der Waals surface area contributed by atoms with Gasteiger partial charge in [-0.05, 0) is 51.3 Å². The minimum absolute atomic E-state index is 0.167. The monoisotopic (exact) mass is 384 g/mol. The second-order valence-electron chi connectivity index (χ2n) is 7.23. The highest BCUT2D eigenvalue weighted by Gasteiger charge is 2.50. The van der Waals surface area contributed by atoms with Crippen molar-refractivity contribution < 1.29 is 18.0 Å². The molecule has 3 rings (SSSR count). The van der Waals surface area contributed by atoms with E-state index in [-0.39, 0.29) is 27.9 Å². The molecule has 0 saturated carbocycles. The molecule has 2 saturated heterocycles. The van der Waals surface area contributed by atoms with Crippen molar-refractivity contribution in [3.63, 3.8) is 0 Å². The lowest BCUT2D eigenvalue weighted by Crippen LogP contribution is -2.36. The highest BCUT2D eigenvalue weighted by Crippen LogP contribution is 2.37. The van der Waals surface area contributed by atoms with Gasteiger partial charge in [-0.15, -0.1) is 0 Å². The first-order valence-corrected chi connectivity index (χ1v) is 10.3. The van der Waals surface area contributed by atoms with Crippen LogP contribution >= 0.6 is 11.6 Å². The summed E-state index contributed by atoms with van der Waals surface area (Å²) in [5.74, 6) is -0.974. The molecule has 0 spiro atoms. The molecule has 2 fully saturated rings. The number of carbonyl (C=O) groups is 2. The lowest BCUT2D eigenvalue weighted by Gasteiger charge is -2.27. The van der Waals surface area contributed by atoms with Crippen LogP contribution < -0.4 is 4.31 Å². The fraction of sp³-hybridized carbons (Fsp3) is 0.529. The second kappa shape index (κ2) is 6.29. The summed E-state index contributed by atoms with van der Waals surface area (Å²) in [4.78, 5) is 27.0. The number of hydrogen-bond donors (Lipinski definition) is 0. The first kappa shape index (κ1) is 18.2. The van der Waals surface area contributed by atoms with Crippen LogP contribution in [0, 0.1) is 5.41 Å². The summed E-state index contributed by atoms with van der Waals surface area (Å²) in [6, 6.07) is 4.35. The number of likely N-dealkylation sites (tertiary alicyclic amines) is 1. The Labute approximate surface area is 152 Å². The van der Waals surface area contributed by atoms with Crippen LogP contribution in [0.2, 0.25) is 5.02 Å². The molecule has 8 heteroatoms. The summed E-state index contributed by atoms with van der Waals surface area (Å²) in [5, 5.41) is 0.252. The smallest absolute Gasteiger partial charge is 0.255 e. The third kappa shape index (κ3) is 3.27. The number of carbonyl (C=O) groups excluding carboxylic acids is 2. The summed E-state index contributed by atoms with van der Waals surface area (Å²) in [7, 11) is -3.76. The first-order chi connectivity index (χ1) is 11.6. The number of hydrogen-bond acceptors (Lipinski definition) is 4. The molecule has 2 aliphatic heterocycles. The SMILES string of the molecule is CC1(C)CS(=O)(=O)N(c2ccc(Cl)c(C(=O)N3CCCCC3)c2)C1=O. The van der Waals surface area contributed by atoms with Gasteiger partial charge in [0.2, 0.25) is 15.9 Å². The lowest BCUT2D eigenvalue weighted by molar-refractivity contribution is -0.123. The number of anilines is 1. The number of rotatable bonds is 2. The molecule has 2 heterocycles. The Morgan fingerprint density at radius 3 is 2.36 bits per heavy atom. The minimum Gasteiger partial charge on any atom is -0.339 e. The van der Waals surface area contributed by atoms with Gasteiger partial charge in [0.25, 0.3) is 5.91 Å². The number of sulfonamides is 1. The molecule has 25 heavy (non-hydrogen) atoms. The van der Waals surface area contributed by atoms with E-state index in [1.54, 1.807) is 18.7 Å². The van der Waals surface area contributed by atoms with Gasteiger partial charge in [0, 0.05) is 13.1 Å². The van der Waals surface area contributed by atoms with Crippen molar-refractivity contribution in [2.24, 2.45) is 5.41 Å². The predicted molar refractivity (Wildman–Crippen MR) is 96.3 cm³/mol. The minimum atomic E-state index is -3.76. The van der Waals surface area contributed by atoms with E-state index in [1.807, 2.05) is 0 Å². The van der Waals surface area contributed by atoms with E-state index in [0.29, 0.717) is 13.1 Å². The van der Waals surface area contributed by atoms with Crippen molar-refractivity contribution in [2.45, 2.75) is 33.1 Å². The average Bonchev–Trinajstić information content (AvgIpc) is 2.72. The molecule has 0 radical (unpaired) electrons. The van der Waals surface area contributed by atoms with Crippen LogP contribution in [0.15, 0.2) is 18.2 Å². The molecule has 136 valence electrons. The third-order valence-electron chi connectivity index (χ3n) is 4.64. The summed E-state index contributed by atoms with van der Waals surface area (Å²) in [6.07, 6.45) is 2.97. The largest absolute Gasteiger partial charge is 0.339 e. The highest BCUT2D eigenvalue weighted by atomic mass is 35.5. The zero-order chi connectivity index (χ0) is 18.4. The molecule has 0 atom stereocenters. The van der Waals surface area contributed by atoms with Crippen molar-refractivity contribution in [1.82, 2.24) is 4.90 Å². The zero-order valence-corrected chi connectivity index (χ0v) is 15.9. The fourth-order valence-electron chi connectivity index (χ4n) is 3.33. The second-order valence-corrected chi connectivity index (χ2v) is 9.45. The topological polar surface area (TPSA) is 74.8 Å². The van der Waals surface area contributed by atoms with E-state index < -0.39 is 21.3 Å². The van der Waals surface area contributed by atoms with Gasteiger partial charge in [-0.2, -0.15) is 0 Å². The van der Waals surface area contributed by atoms with E-state index in [1.165, 1.54) is 18.2 Å². The molecule has 0 bridgehead atoms. The molecule has 0 N–H and O–H groups in total. The van der Waals surface area contributed by atoms with Gasteiger partial charge in [0.15, 0.2) is 0 Å². The average molecular weight is 385 g/mol. The molecule has 1 aromatic carbocycles. The first-order valence-electron chi connectivity index (χ1n) is 8.30. The van der Waals surface area contributed by atoms with Crippen molar-refractivity contribution in [2.75, 3.05) is 23.1 Å².